The summed E-state index contributed by atoms with van der Waals surface area (Å²) in [5.74, 6) is 2.32. The van der Waals surface area contributed by atoms with Crippen LogP contribution in [0.15, 0.2) is 28.8 Å². The predicted molar refractivity (Wildman–Crippen MR) is 123 cm³/mol. The van der Waals surface area contributed by atoms with Gasteiger partial charge in [0.1, 0.15) is 22.8 Å². The van der Waals surface area contributed by atoms with Gasteiger partial charge in [-0.25, -0.2) is 4.98 Å². The van der Waals surface area contributed by atoms with Gasteiger partial charge in [-0.15, -0.1) is 0 Å². The fourth-order valence-corrected chi connectivity index (χ4v) is 4.01. The number of nitrogens with zero attached hydrogens (tertiary/aromatic N) is 4. The van der Waals surface area contributed by atoms with Crippen LogP contribution in [0.2, 0.25) is 0 Å². The molecule has 0 atom stereocenters. The molecule has 0 saturated carbocycles. The first-order chi connectivity index (χ1) is 15.7. The second-order valence-corrected chi connectivity index (χ2v) is 8.03. The Balaban J connectivity index is 1.40. The third kappa shape index (κ3) is 5.18. The minimum Gasteiger partial charge on any atom is -0.494 e. The standard InChI is InChI=1S/C24H31N5O3/c1-3-19-22-23(29-14-6-5-7-15-29)26-20(27-24(22)32-28-19)12-13-21(30)25-16-17-8-10-18(11-9-17)31-4-2/h8-11H,3-7,12-16H2,1-2H3,(H,25,30). The summed E-state index contributed by atoms with van der Waals surface area (Å²) in [6.07, 6.45) is 5.09. The van der Waals surface area contributed by atoms with E-state index >= 15 is 0 Å². The fraction of sp³-hybridized carbons (Fsp3) is 0.500. The minimum absolute atomic E-state index is 0.0334. The van der Waals surface area contributed by atoms with E-state index in [9.17, 15) is 4.79 Å². The number of piperidine rings is 1. The van der Waals surface area contributed by atoms with Crippen molar-refractivity contribution in [1.82, 2.24) is 20.4 Å². The molecule has 3 aromatic rings. The lowest BCUT2D eigenvalue weighted by Gasteiger charge is -2.28. The largest absolute Gasteiger partial charge is 0.494 e. The molecule has 2 aromatic heterocycles. The van der Waals surface area contributed by atoms with Crippen molar-refractivity contribution in [3.63, 3.8) is 0 Å². The molecule has 1 N–H and O–H groups in total. The number of ether oxygens (including phenoxy) is 1. The first kappa shape index (κ1) is 22.0. The van der Waals surface area contributed by atoms with Crippen LogP contribution in [0.5, 0.6) is 5.75 Å². The molecule has 0 aliphatic carbocycles. The van der Waals surface area contributed by atoms with Gasteiger partial charge in [-0.3, -0.25) is 4.79 Å². The van der Waals surface area contributed by atoms with Crippen LogP contribution in [0.3, 0.4) is 0 Å². The Kier molecular flexibility index (Phi) is 7.19. The van der Waals surface area contributed by atoms with Crippen LogP contribution < -0.4 is 15.0 Å². The van der Waals surface area contributed by atoms with E-state index in [1.807, 2.05) is 31.2 Å². The Morgan fingerprint density at radius 3 is 2.62 bits per heavy atom. The quantitative estimate of drug-likeness (QED) is 0.544. The number of hydrogen-bond acceptors (Lipinski definition) is 7. The molecular formula is C24H31N5O3. The van der Waals surface area contributed by atoms with Crippen LogP contribution in [0.25, 0.3) is 11.1 Å². The molecule has 8 heteroatoms. The second-order valence-electron chi connectivity index (χ2n) is 8.03. The third-order valence-corrected chi connectivity index (χ3v) is 5.72. The van der Waals surface area contributed by atoms with E-state index in [1.54, 1.807) is 0 Å². The highest BCUT2D eigenvalue weighted by molar-refractivity contribution is 5.88. The van der Waals surface area contributed by atoms with Crippen LogP contribution in [0, 0.1) is 0 Å². The van der Waals surface area contributed by atoms with Crippen LogP contribution >= 0.6 is 0 Å². The fourth-order valence-electron chi connectivity index (χ4n) is 4.01. The van der Waals surface area contributed by atoms with E-state index in [4.69, 9.17) is 14.2 Å². The van der Waals surface area contributed by atoms with E-state index < -0.39 is 0 Å². The zero-order chi connectivity index (χ0) is 22.3. The van der Waals surface area contributed by atoms with Crippen molar-refractivity contribution in [3.8, 4) is 5.75 Å². The van der Waals surface area contributed by atoms with Crippen molar-refractivity contribution < 1.29 is 14.1 Å². The number of fused-ring (bicyclic) bond motifs is 1. The first-order valence-electron chi connectivity index (χ1n) is 11.6. The number of amides is 1. The third-order valence-electron chi connectivity index (χ3n) is 5.72. The maximum atomic E-state index is 12.4. The predicted octanol–water partition coefficient (Wildman–Crippen LogP) is 3.82. The summed E-state index contributed by atoms with van der Waals surface area (Å²) in [7, 11) is 0. The van der Waals surface area contributed by atoms with Crippen molar-refractivity contribution in [1.29, 1.82) is 0 Å². The molecule has 1 aliphatic rings. The monoisotopic (exact) mass is 437 g/mol. The summed E-state index contributed by atoms with van der Waals surface area (Å²) >= 11 is 0. The SMILES string of the molecule is CCOc1ccc(CNC(=O)CCc2nc(N3CCCCC3)c3c(CC)noc3n2)cc1. The molecule has 4 rings (SSSR count). The second kappa shape index (κ2) is 10.4. The van der Waals surface area contributed by atoms with Gasteiger partial charge < -0.3 is 19.5 Å². The Bertz CT molecular complexity index is 1040. The molecule has 1 aliphatic heterocycles. The molecule has 8 nitrogen and oxygen atoms in total. The zero-order valence-corrected chi connectivity index (χ0v) is 18.9. The summed E-state index contributed by atoms with van der Waals surface area (Å²) in [6.45, 7) is 7.07. The highest BCUT2D eigenvalue weighted by atomic mass is 16.5. The molecule has 170 valence electrons. The molecule has 1 amide bonds. The summed E-state index contributed by atoms with van der Waals surface area (Å²) < 4.78 is 11.0. The molecule has 1 saturated heterocycles. The Morgan fingerprint density at radius 2 is 1.91 bits per heavy atom. The lowest BCUT2D eigenvalue weighted by molar-refractivity contribution is -0.121. The van der Waals surface area contributed by atoms with Gasteiger partial charge >= 0.3 is 0 Å². The minimum atomic E-state index is -0.0334. The molecule has 0 unspecified atom stereocenters. The van der Waals surface area contributed by atoms with Gasteiger partial charge in [0.05, 0.1) is 12.3 Å². The van der Waals surface area contributed by atoms with Gasteiger partial charge in [-0.1, -0.05) is 24.2 Å². The topological polar surface area (TPSA) is 93.4 Å². The molecule has 0 bridgehead atoms. The number of carbonyl (C=O) groups excluding carboxylic acids is 1. The van der Waals surface area contributed by atoms with Crippen LogP contribution in [0.1, 0.15) is 56.6 Å². The summed E-state index contributed by atoms with van der Waals surface area (Å²) in [5.41, 5.74) is 2.43. The van der Waals surface area contributed by atoms with Crippen molar-refractivity contribution in [3.05, 3.63) is 41.3 Å². The Labute approximate surface area is 188 Å². The van der Waals surface area contributed by atoms with E-state index in [0.717, 1.165) is 60.6 Å². The molecule has 3 heterocycles. The molecule has 1 fully saturated rings. The smallest absolute Gasteiger partial charge is 0.263 e. The van der Waals surface area contributed by atoms with Gasteiger partial charge in [-0.2, -0.15) is 4.98 Å². The number of anilines is 1. The van der Waals surface area contributed by atoms with E-state index in [0.29, 0.717) is 37.5 Å². The summed E-state index contributed by atoms with van der Waals surface area (Å²) in [6, 6.07) is 7.75. The number of rotatable bonds is 9. The number of carbonyl (C=O) groups is 1. The van der Waals surface area contributed by atoms with Gasteiger partial charge in [-0.05, 0) is 50.3 Å². The number of benzene rings is 1. The van der Waals surface area contributed by atoms with Crippen molar-refractivity contribution in [2.45, 2.75) is 58.9 Å². The van der Waals surface area contributed by atoms with E-state index in [-0.39, 0.29) is 5.91 Å². The number of hydrogen-bond donors (Lipinski definition) is 1. The van der Waals surface area contributed by atoms with Crippen molar-refractivity contribution in [2.24, 2.45) is 0 Å². The summed E-state index contributed by atoms with van der Waals surface area (Å²) in [4.78, 5) is 24.1. The Morgan fingerprint density at radius 1 is 1.12 bits per heavy atom. The average Bonchev–Trinajstić information content (AvgIpc) is 3.25. The average molecular weight is 438 g/mol. The van der Waals surface area contributed by atoms with Crippen molar-refractivity contribution >= 4 is 22.8 Å². The van der Waals surface area contributed by atoms with Gasteiger partial charge in [0, 0.05) is 32.5 Å². The lowest BCUT2D eigenvalue weighted by atomic mass is 10.1. The molecule has 0 spiro atoms. The maximum absolute atomic E-state index is 12.4. The van der Waals surface area contributed by atoms with Crippen LogP contribution in [0.4, 0.5) is 5.82 Å². The molecule has 0 radical (unpaired) electrons. The lowest BCUT2D eigenvalue weighted by Crippen LogP contribution is -2.31. The molecule has 32 heavy (non-hydrogen) atoms. The molecule has 1 aromatic carbocycles. The van der Waals surface area contributed by atoms with Gasteiger partial charge in [0.15, 0.2) is 0 Å². The molecular weight excluding hydrogens is 406 g/mol. The number of aromatic nitrogens is 3. The summed E-state index contributed by atoms with van der Waals surface area (Å²) in [5, 5.41) is 8.08. The Hall–Kier alpha value is -3.16. The zero-order valence-electron chi connectivity index (χ0n) is 18.9. The maximum Gasteiger partial charge on any atom is 0.263 e. The van der Waals surface area contributed by atoms with Crippen molar-refractivity contribution in [2.75, 3.05) is 24.6 Å². The number of aryl methyl sites for hydroxylation is 2. The van der Waals surface area contributed by atoms with E-state index in [2.05, 4.69) is 27.3 Å². The van der Waals surface area contributed by atoms with Crippen LogP contribution in [-0.4, -0.2) is 40.7 Å². The highest BCUT2D eigenvalue weighted by Crippen LogP contribution is 2.29. The normalized spacial score (nSPS) is 14.0. The van der Waals surface area contributed by atoms with Crippen LogP contribution in [-0.2, 0) is 24.2 Å². The van der Waals surface area contributed by atoms with E-state index in [1.165, 1.54) is 6.42 Å². The van der Waals surface area contributed by atoms with Gasteiger partial charge in [0.25, 0.3) is 5.71 Å². The van der Waals surface area contributed by atoms with Gasteiger partial charge in [0.2, 0.25) is 5.91 Å². The first-order valence-corrected chi connectivity index (χ1v) is 11.6. The number of nitrogens with one attached hydrogen (secondary N) is 1. The highest BCUT2D eigenvalue weighted by Gasteiger charge is 2.22.